The van der Waals surface area contributed by atoms with E-state index < -0.39 is 12.1 Å². The molecular weight excluding hydrogens is 196 g/mol. The molecule has 1 amide bonds. The third kappa shape index (κ3) is 2.47. The molecule has 1 saturated heterocycles. The zero-order valence-electron chi connectivity index (χ0n) is 9.23. The van der Waals surface area contributed by atoms with Crippen LogP contribution in [0, 0.1) is 0 Å². The van der Waals surface area contributed by atoms with Crippen LogP contribution in [-0.4, -0.2) is 42.5 Å². The highest BCUT2D eigenvalue weighted by molar-refractivity contribution is 5.87. The van der Waals surface area contributed by atoms with Gasteiger partial charge in [-0.25, -0.2) is 4.79 Å². The molecule has 1 fully saturated rings. The van der Waals surface area contributed by atoms with Gasteiger partial charge in [0.05, 0.1) is 13.2 Å². The molecule has 2 atom stereocenters. The van der Waals surface area contributed by atoms with Crippen LogP contribution in [0.25, 0.3) is 0 Å². The molecule has 0 bridgehead atoms. The van der Waals surface area contributed by atoms with Gasteiger partial charge in [0.2, 0.25) is 5.91 Å². The Morgan fingerprint density at radius 2 is 2.27 bits per heavy atom. The number of esters is 1. The Kier molecular flexibility index (Phi) is 4.08. The Morgan fingerprint density at radius 1 is 1.60 bits per heavy atom. The minimum atomic E-state index is -0.504. The lowest BCUT2D eigenvalue weighted by atomic mass is 10.2. The molecule has 0 aliphatic carbocycles. The Bertz CT molecular complexity index is 255. The second-order valence-electron chi connectivity index (χ2n) is 3.73. The molecular formula is C10H18N2O3. The first kappa shape index (κ1) is 12.0. The van der Waals surface area contributed by atoms with Gasteiger partial charge in [0.15, 0.2) is 0 Å². The lowest BCUT2D eigenvalue weighted by molar-refractivity contribution is -0.151. The van der Waals surface area contributed by atoms with Gasteiger partial charge in [-0.1, -0.05) is 6.92 Å². The monoisotopic (exact) mass is 214 g/mol. The highest BCUT2D eigenvalue weighted by Crippen LogP contribution is 2.19. The van der Waals surface area contributed by atoms with E-state index in [0.717, 1.165) is 6.42 Å². The number of likely N-dealkylation sites (tertiary alicyclic amines) is 1. The second kappa shape index (κ2) is 5.11. The molecule has 0 aromatic carbocycles. The van der Waals surface area contributed by atoms with Gasteiger partial charge in [0, 0.05) is 6.54 Å². The molecule has 1 aliphatic rings. The average molecular weight is 214 g/mol. The van der Waals surface area contributed by atoms with Crippen molar-refractivity contribution in [2.24, 2.45) is 5.73 Å². The molecule has 0 aromatic rings. The zero-order chi connectivity index (χ0) is 11.4. The Balaban J connectivity index is 2.68. The molecule has 0 radical (unpaired) electrons. The molecule has 0 saturated carbocycles. The summed E-state index contributed by atoms with van der Waals surface area (Å²) in [6, 6.07) is -0.935. The van der Waals surface area contributed by atoms with Crippen LogP contribution in [0.15, 0.2) is 0 Å². The van der Waals surface area contributed by atoms with Crippen molar-refractivity contribution in [3.05, 3.63) is 0 Å². The number of hydrogen-bond donors (Lipinski definition) is 1. The summed E-state index contributed by atoms with van der Waals surface area (Å²) in [6.45, 7) is 2.46. The summed E-state index contributed by atoms with van der Waals surface area (Å²) >= 11 is 0. The predicted octanol–water partition coefficient (Wildman–Crippen LogP) is -0.112. The first-order valence-electron chi connectivity index (χ1n) is 5.25. The summed E-state index contributed by atoms with van der Waals surface area (Å²) in [5.74, 6) is -0.491. The number of carbonyl (C=O) groups is 2. The van der Waals surface area contributed by atoms with Crippen LogP contribution in [0.3, 0.4) is 0 Å². The maximum Gasteiger partial charge on any atom is 0.328 e. The maximum atomic E-state index is 11.8. The van der Waals surface area contributed by atoms with E-state index in [1.807, 2.05) is 6.92 Å². The molecule has 15 heavy (non-hydrogen) atoms. The van der Waals surface area contributed by atoms with E-state index in [2.05, 4.69) is 4.74 Å². The number of ether oxygens (including phenoxy) is 1. The molecule has 1 rings (SSSR count). The van der Waals surface area contributed by atoms with E-state index in [9.17, 15) is 9.59 Å². The topological polar surface area (TPSA) is 72.6 Å². The van der Waals surface area contributed by atoms with Gasteiger partial charge < -0.3 is 15.4 Å². The van der Waals surface area contributed by atoms with Gasteiger partial charge in [0.1, 0.15) is 6.04 Å². The van der Waals surface area contributed by atoms with Crippen LogP contribution < -0.4 is 5.73 Å². The average Bonchev–Trinajstić information content (AvgIpc) is 2.74. The SMILES string of the molecule is CC[C@@H](N)C(=O)N1CCCC1C(=O)OC. The van der Waals surface area contributed by atoms with E-state index in [1.165, 1.54) is 7.11 Å². The molecule has 1 unspecified atom stereocenters. The first-order chi connectivity index (χ1) is 7.11. The standard InChI is InChI=1S/C10H18N2O3/c1-3-7(11)9(13)12-6-4-5-8(12)10(14)15-2/h7-8H,3-6,11H2,1-2H3/t7-,8?/m1/s1. The molecule has 1 heterocycles. The van der Waals surface area contributed by atoms with Crippen molar-refractivity contribution in [3.8, 4) is 0 Å². The summed E-state index contributed by atoms with van der Waals surface area (Å²) in [5.41, 5.74) is 5.66. The third-order valence-electron chi connectivity index (χ3n) is 2.77. The van der Waals surface area contributed by atoms with E-state index in [-0.39, 0.29) is 11.9 Å². The summed E-state index contributed by atoms with van der Waals surface area (Å²) < 4.78 is 4.65. The van der Waals surface area contributed by atoms with Gasteiger partial charge in [-0.2, -0.15) is 0 Å². The third-order valence-corrected chi connectivity index (χ3v) is 2.77. The number of nitrogens with two attached hydrogens (primary N) is 1. The normalized spacial score (nSPS) is 22.6. The van der Waals surface area contributed by atoms with Crippen molar-refractivity contribution >= 4 is 11.9 Å². The lowest BCUT2D eigenvalue weighted by Gasteiger charge is -2.25. The predicted molar refractivity (Wildman–Crippen MR) is 55.0 cm³/mol. The highest BCUT2D eigenvalue weighted by Gasteiger charge is 2.36. The zero-order valence-corrected chi connectivity index (χ0v) is 9.23. The van der Waals surface area contributed by atoms with Crippen molar-refractivity contribution in [1.29, 1.82) is 0 Å². The molecule has 5 heteroatoms. The molecule has 2 N–H and O–H groups in total. The number of carbonyl (C=O) groups excluding carboxylic acids is 2. The van der Waals surface area contributed by atoms with Crippen molar-refractivity contribution < 1.29 is 14.3 Å². The Hall–Kier alpha value is -1.10. The minimum absolute atomic E-state index is 0.148. The highest BCUT2D eigenvalue weighted by atomic mass is 16.5. The Morgan fingerprint density at radius 3 is 2.80 bits per heavy atom. The largest absolute Gasteiger partial charge is 0.467 e. The molecule has 86 valence electrons. The van der Waals surface area contributed by atoms with E-state index in [4.69, 9.17) is 5.73 Å². The quantitative estimate of drug-likeness (QED) is 0.665. The van der Waals surface area contributed by atoms with Gasteiger partial charge in [0.25, 0.3) is 0 Å². The minimum Gasteiger partial charge on any atom is -0.467 e. The number of rotatable bonds is 3. The van der Waals surface area contributed by atoms with Crippen molar-refractivity contribution in [2.75, 3.05) is 13.7 Å². The number of methoxy groups -OCH3 is 1. The van der Waals surface area contributed by atoms with E-state index in [0.29, 0.717) is 19.4 Å². The van der Waals surface area contributed by atoms with Gasteiger partial charge in [-0.05, 0) is 19.3 Å². The lowest BCUT2D eigenvalue weighted by Crippen LogP contribution is -2.48. The fourth-order valence-corrected chi connectivity index (χ4v) is 1.80. The van der Waals surface area contributed by atoms with Gasteiger partial charge >= 0.3 is 5.97 Å². The first-order valence-corrected chi connectivity index (χ1v) is 5.25. The van der Waals surface area contributed by atoms with Crippen LogP contribution in [0.4, 0.5) is 0 Å². The van der Waals surface area contributed by atoms with E-state index in [1.54, 1.807) is 4.90 Å². The van der Waals surface area contributed by atoms with Crippen LogP contribution in [0.2, 0.25) is 0 Å². The second-order valence-corrected chi connectivity index (χ2v) is 3.73. The van der Waals surface area contributed by atoms with Crippen molar-refractivity contribution in [3.63, 3.8) is 0 Å². The van der Waals surface area contributed by atoms with Crippen molar-refractivity contribution in [1.82, 2.24) is 4.90 Å². The smallest absolute Gasteiger partial charge is 0.328 e. The van der Waals surface area contributed by atoms with Gasteiger partial charge in [-0.15, -0.1) is 0 Å². The van der Waals surface area contributed by atoms with Crippen molar-refractivity contribution in [2.45, 2.75) is 38.3 Å². The Labute approximate surface area is 89.6 Å². The maximum absolute atomic E-state index is 11.8. The summed E-state index contributed by atoms with van der Waals surface area (Å²) in [4.78, 5) is 24.7. The molecule has 5 nitrogen and oxygen atoms in total. The van der Waals surface area contributed by atoms with Crippen LogP contribution >= 0.6 is 0 Å². The van der Waals surface area contributed by atoms with Gasteiger partial charge in [-0.3, -0.25) is 4.79 Å². The fourth-order valence-electron chi connectivity index (χ4n) is 1.80. The number of nitrogens with zero attached hydrogens (tertiary/aromatic N) is 1. The summed E-state index contributed by atoms with van der Waals surface area (Å²) in [6.07, 6.45) is 2.10. The van der Waals surface area contributed by atoms with Crippen LogP contribution in [0.1, 0.15) is 26.2 Å². The van der Waals surface area contributed by atoms with Crippen LogP contribution in [0.5, 0.6) is 0 Å². The fraction of sp³-hybridized carbons (Fsp3) is 0.800. The molecule has 0 aromatic heterocycles. The molecule has 1 aliphatic heterocycles. The van der Waals surface area contributed by atoms with Crippen LogP contribution in [-0.2, 0) is 14.3 Å². The number of amides is 1. The summed E-state index contributed by atoms with van der Waals surface area (Å²) in [7, 11) is 1.34. The van der Waals surface area contributed by atoms with E-state index >= 15 is 0 Å². The molecule has 0 spiro atoms. The summed E-state index contributed by atoms with van der Waals surface area (Å²) in [5, 5.41) is 0. The number of hydrogen-bond acceptors (Lipinski definition) is 4.